The lowest BCUT2D eigenvalue weighted by atomic mass is 10.1. The third kappa shape index (κ3) is 5.09. The third-order valence-electron chi connectivity index (χ3n) is 3.77. The van der Waals surface area contributed by atoms with Gasteiger partial charge in [0.1, 0.15) is 0 Å². The summed E-state index contributed by atoms with van der Waals surface area (Å²) in [7, 11) is -3.36. The fourth-order valence-electron chi connectivity index (χ4n) is 2.73. The van der Waals surface area contributed by atoms with Gasteiger partial charge in [-0.05, 0) is 37.5 Å². The Morgan fingerprint density at radius 3 is 2.83 bits per heavy atom. The summed E-state index contributed by atoms with van der Waals surface area (Å²) in [5, 5.41) is 0. The molecule has 8 heteroatoms. The zero-order valence-corrected chi connectivity index (χ0v) is 14.8. The Hall–Kier alpha value is -1.31. The van der Waals surface area contributed by atoms with Gasteiger partial charge in [-0.25, -0.2) is 8.42 Å². The highest BCUT2D eigenvalue weighted by Gasteiger charge is 2.28. The first kappa shape index (κ1) is 19.7. The predicted octanol–water partition coefficient (Wildman–Crippen LogP) is 1.82. The highest BCUT2D eigenvalue weighted by Crippen LogP contribution is 2.21. The molecule has 3 N–H and O–H groups in total. The summed E-state index contributed by atoms with van der Waals surface area (Å²) in [6, 6.07) is 6.69. The highest BCUT2D eigenvalue weighted by atomic mass is 35.5. The van der Waals surface area contributed by atoms with Crippen LogP contribution in [-0.2, 0) is 10.0 Å². The van der Waals surface area contributed by atoms with Crippen LogP contribution in [0.25, 0.3) is 0 Å². The van der Waals surface area contributed by atoms with Gasteiger partial charge in [0.15, 0.2) is 0 Å². The van der Waals surface area contributed by atoms with Crippen molar-refractivity contribution in [2.45, 2.75) is 32.2 Å². The Kier molecular flexibility index (Phi) is 7.31. The van der Waals surface area contributed by atoms with Crippen LogP contribution in [0.15, 0.2) is 24.3 Å². The Morgan fingerprint density at radius 1 is 1.43 bits per heavy atom. The van der Waals surface area contributed by atoms with E-state index in [1.165, 1.54) is 0 Å². The smallest absolute Gasteiger partial charge is 0.254 e. The maximum atomic E-state index is 12.6. The highest BCUT2D eigenvalue weighted by molar-refractivity contribution is 7.92. The van der Waals surface area contributed by atoms with Gasteiger partial charge in [0.25, 0.3) is 5.91 Å². The summed E-state index contributed by atoms with van der Waals surface area (Å²) in [5.41, 5.74) is 6.60. The monoisotopic (exact) mass is 361 g/mol. The molecule has 1 amide bonds. The van der Waals surface area contributed by atoms with E-state index in [4.69, 9.17) is 5.73 Å². The second kappa shape index (κ2) is 8.52. The zero-order valence-electron chi connectivity index (χ0n) is 13.2. The first-order chi connectivity index (χ1) is 10.5. The number of benzene rings is 1. The minimum absolute atomic E-state index is 0. The van der Waals surface area contributed by atoms with E-state index in [-0.39, 0.29) is 30.1 Å². The van der Waals surface area contributed by atoms with Gasteiger partial charge in [-0.15, -0.1) is 12.4 Å². The second-order valence-electron chi connectivity index (χ2n) is 5.53. The van der Waals surface area contributed by atoms with Crippen LogP contribution >= 0.6 is 12.4 Å². The van der Waals surface area contributed by atoms with E-state index in [0.29, 0.717) is 30.8 Å². The van der Waals surface area contributed by atoms with Crippen LogP contribution in [0, 0.1) is 0 Å². The molecule has 6 nitrogen and oxygen atoms in total. The Morgan fingerprint density at radius 2 is 2.17 bits per heavy atom. The number of nitrogens with zero attached hydrogens (tertiary/aromatic N) is 1. The number of sulfonamides is 1. The van der Waals surface area contributed by atoms with Crippen molar-refractivity contribution in [1.29, 1.82) is 0 Å². The van der Waals surface area contributed by atoms with Crippen LogP contribution in [-0.4, -0.2) is 44.1 Å². The SMILES string of the molecule is CCCS(=O)(=O)Nc1cccc(C(=O)N2CCCC2CN)c1.Cl. The molecule has 1 heterocycles. The van der Waals surface area contributed by atoms with Gasteiger partial charge in [-0.3, -0.25) is 9.52 Å². The molecule has 2 rings (SSSR count). The number of carbonyl (C=O) groups excluding carboxylic acids is 1. The van der Waals surface area contributed by atoms with Crippen LogP contribution in [0.5, 0.6) is 0 Å². The average molecular weight is 362 g/mol. The molecule has 0 aliphatic carbocycles. The lowest BCUT2D eigenvalue weighted by molar-refractivity contribution is 0.0741. The predicted molar refractivity (Wildman–Crippen MR) is 94.5 cm³/mol. The van der Waals surface area contributed by atoms with Gasteiger partial charge >= 0.3 is 0 Å². The maximum absolute atomic E-state index is 12.6. The van der Waals surface area contributed by atoms with E-state index in [1.807, 2.05) is 0 Å². The normalized spacial score (nSPS) is 17.7. The molecular formula is C15H24ClN3O3S. The van der Waals surface area contributed by atoms with Crippen LogP contribution in [0.1, 0.15) is 36.5 Å². The van der Waals surface area contributed by atoms with Crippen molar-refractivity contribution in [2.24, 2.45) is 5.73 Å². The first-order valence-corrected chi connectivity index (χ1v) is 9.23. The van der Waals surface area contributed by atoms with Crippen LogP contribution in [0.4, 0.5) is 5.69 Å². The molecule has 0 saturated carbocycles. The molecule has 0 bridgehead atoms. The van der Waals surface area contributed by atoms with Crippen molar-refractivity contribution in [3.8, 4) is 0 Å². The van der Waals surface area contributed by atoms with Crippen LogP contribution < -0.4 is 10.5 Å². The maximum Gasteiger partial charge on any atom is 0.254 e. The van der Waals surface area contributed by atoms with E-state index in [9.17, 15) is 13.2 Å². The zero-order chi connectivity index (χ0) is 16.2. The van der Waals surface area contributed by atoms with Gasteiger partial charge in [-0.2, -0.15) is 0 Å². The summed E-state index contributed by atoms with van der Waals surface area (Å²) in [6.45, 7) is 2.96. The van der Waals surface area contributed by atoms with Crippen molar-refractivity contribution in [3.63, 3.8) is 0 Å². The number of hydrogen-bond acceptors (Lipinski definition) is 4. The Labute approximate surface area is 143 Å². The number of likely N-dealkylation sites (tertiary alicyclic amines) is 1. The molecule has 1 aliphatic rings. The van der Waals surface area contributed by atoms with E-state index in [2.05, 4.69) is 4.72 Å². The number of hydrogen-bond donors (Lipinski definition) is 2. The minimum atomic E-state index is -3.36. The van der Waals surface area contributed by atoms with Gasteiger partial charge < -0.3 is 10.6 Å². The molecule has 0 radical (unpaired) electrons. The van der Waals surface area contributed by atoms with E-state index >= 15 is 0 Å². The molecule has 1 aromatic rings. The quantitative estimate of drug-likeness (QED) is 0.808. The standard InChI is InChI=1S/C15H23N3O3S.ClH/c1-2-9-22(20,21)17-13-6-3-5-12(10-13)15(19)18-8-4-7-14(18)11-16;/h3,5-6,10,14,17H,2,4,7-9,11,16H2,1H3;1H. The summed E-state index contributed by atoms with van der Waals surface area (Å²) >= 11 is 0. The molecule has 0 spiro atoms. The number of halogens is 1. The first-order valence-electron chi connectivity index (χ1n) is 7.58. The van der Waals surface area contributed by atoms with Crippen molar-refractivity contribution in [2.75, 3.05) is 23.6 Å². The van der Waals surface area contributed by atoms with Crippen LogP contribution in [0.2, 0.25) is 0 Å². The number of amides is 1. The van der Waals surface area contributed by atoms with E-state index < -0.39 is 10.0 Å². The lowest BCUT2D eigenvalue weighted by Gasteiger charge is -2.23. The number of nitrogens with one attached hydrogen (secondary N) is 1. The Bertz CT molecular complexity index is 637. The Balaban J connectivity index is 0.00000264. The van der Waals surface area contributed by atoms with Gasteiger partial charge in [0.05, 0.1) is 5.75 Å². The fraction of sp³-hybridized carbons (Fsp3) is 0.533. The lowest BCUT2D eigenvalue weighted by Crippen LogP contribution is -2.39. The second-order valence-corrected chi connectivity index (χ2v) is 7.37. The molecule has 23 heavy (non-hydrogen) atoms. The fourth-order valence-corrected chi connectivity index (χ4v) is 3.85. The van der Waals surface area contributed by atoms with Crippen molar-refractivity contribution >= 4 is 34.0 Å². The van der Waals surface area contributed by atoms with Gasteiger partial charge in [-0.1, -0.05) is 13.0 Å². The number of carbonyl (C=O) groups is 1. The summed E-state index contributed by atoms with van der Waals surface area (Å²) < 4.78 is 26.1. The van der Waals surface area contributed by atoms with Crippen molar-refractivity contribution in [1.82, 2.24) is 4.90 Å². The molecular weight excluding hydrogens is 338 g/mol. The largest absolute Gasteiger partial charge is 0.334 e. The third-order valence-corrected chi connectivity index (χ3v) is 5.26. The van der Waals surface area contributed by atoms with E-state index in [1.54, 1.807) is 36.1 Å². The van der Waals surface area contributed by atoms with Crippen LogP contribution in [0.3, 0.4) is 0 Å². The molecule has 1 aliphatic heterocycles. The molecule has 1 saturated heterocycles. The van der Waals surface area contributed by atoms with E-state index in [0.717, 1.165) is 12.8 Å². The minimum Gasteiger partial charge on any atom is -0.334 e. The molecule has 1 unspecified atom stereocenters. The topological polar surface area (TPSA) is 92.5 Å². The van der Waals surface area contributed by atoms with Crippen molar-refractivity contribution in [3.05, 3.63) is 29.8 Å². The molecule has 1 aromatic carbocycles. The molecule has 130 valence electrons. The van der Waals surface area contributed by atoms with Crippen molar-refractivity contribution < 1.29 is 13.2 Å². The molecule has 1 atom stereocenters. The summed E-state index contributed by atoms with van der Waals surface area (Å²) in [4.78, 5) is 14.3. The molecule has 0 aromatic heterocycles. The average Bonchev–Trinajstić information content (AvgIpc) is 2.94. The van der Waals surface area contributed by atoms with Gasteiger partial charge in [0, 0.05) is 30.4 Å². The van der Waals surface area contributed by atoms with Gasteiger partial charge in [0.2, 0.25) is 10.0 Å². The number of nitrogens with two attached hydrogens (primary N) is 1. The summed E-state index contributed by atoms with van der Waals surface area (Å²) in [6.07, 6.45) is 2.42. The molecule has 1 fully saturated rings. The number of anilines is 1. The number of rotatable bonds is 6. The summed E-state index contributed by atoms with van der Waals surface area (Å²) in [5.74, 6) is -0.0310.